The Morgan fingerprint density at radius 1 is 1.10 bits per heavy atom. The van der Waals surface area contributed by atoms with Gasteiger partial charge >= 0.3 is 6.61 Å². The Morgan fingerprint density at radius 3 is 2.69 bits per heavy atom. The van der Waals surface area contributed by atoms with Gasteiger partial charge in [-0.05, 0) is 77.9 Å². The smallest absolute Gasteiger partial charge is 0.387 e. The van der Waals surface area contributed by atoms with Crippen molar-refractivity contribution >= 4 is 22.9 Å². The Labute approximate surface area is 228 Å². The first kappa shape index (κ1) is 27.3. The van der Waals surface area contributed by atoms with E-state index in [-0.39, 0.29) is 18.5 Å². The predicted octanol–water partition coefficient (Wildman–Crippen LogP) is 6.80. The van der Waals surface area contributed by atoms with Crippen molar-refractivity contribution in [2.75, 3.05) is 32.1 Å². The zero-order valence-corrected chi connectivity index (χ0v) is 21.9. The van der Waals surface area contributed by atoms with Gasteiger partial charge in [-0.3, -0.25) is 9.29 Å². The highest BCUT2D eigenvalue weighted by Gasteiger charge is 2.25. The van der Waals surface area contributed by atoms with E-state index in [9.17, 15) is 22.7 Å². The van der Waals surface area contributed by atoms with Gasteiger partial charge in [-0.15, -0.1) is 11.8 Å². The summed E-state index contributed by atoms with van der Waals surface area (Å²) < 4.78 is 62.9. The minimum Gasteiger partial charge on any atom is -0.508 e. The first-order valence-corrected chi connectivity index (χ1v) is 13.8. The van der Waals surface area contributed by atoms with Crippen LogP contribution in [0.4, 0.5) is 17.6 Å². The lowest BCUT2D eigenvalue weighted by atomic mass is 9.89. The second-order valence-corrected chi connectivity index (χ2v) is 10.5. The molecule has 1 fully saturated rings. The molecule has 3 aromatic rings. The van der Waals surface area contributed by atoms with E-state index in [1.54, 1.807) is 42.2 Å². The second-order valence-electron chi connectivity index (χ2n) is 9.41. The Kier molecular flexibility index (Phi) is 8.62. The van der Waals surface area contributed by atoms with Crippen molar-refractivity contribution in [3.05, 3.63) is 77.2 Å². The maximum Gasteiger partial charge on any atom is 0.387 e. The number of alkyl halides is 3. The maximum atomic E-state index is 14.7. The van der Waals surface area contributed by atoms with Gasteiger partial charge in [0.2, 0.25) is 5.88 Å². The van der Waals surface area contributed by atoms with Crippen molar-refractivity contribution < 1.29 is 32.1 Å². The lowest BCUT2D eigenvalue weighted by Crippen LogP contribution is -2.26. The van der Waals surface area contributed by atoms with Gasteiger partial charge in [0.25, 0.3) is 0 Å². The van der Waals surface area contributed by atoms with Crippen molar-refractivity contribution in [1.82, 2.24) is 9.88 Å². The van der Waals surface area contributed by atoms with Crippen molar-refractivity contribution in [1.29, 1.82) is 0 Å². The lowest BCUT2D eigenvalue weighted by Gasteiger charge is -2.18. The summed E-state index contributed by atoms with van der Waals surface area (Å²) in [6.07, 6.45) is 3.61. The summed E-state index contributed by atoms with van der Waals surface area (Å²) in [5, 5.41) is 10.1. The van der Waals surface area contributed by atoms with Crippen LogP contribution in [0.2, 0.25) is 0 Å². The second kappa shape index (κ2) is 12.3. The SMILES string of the molecule is Oc1ccc2c(c1)SCCC(c1ccc(OC(F)F)c(F)c1)=C2c1ccc(O[C@H]2CCN(CCCF)C2)nc1. The number of halogens is 4. The number of phenolic OH excluding ortho intramolecular Hbond substituents is 1. The lowest BCUT2D eigenvalue weighted by molar-refractivity contribution is -0.0521. The molecule has 1 saturated heterocycles. The molecule has 0 unspecified atom stereocenters. The molecule has 206 valence electrons. The van der Waals surface area contributed by atoms with Crippen molar-refractivity contribution in [2.24, 2.45) is 0 Å². The third-order valence-corrected chi connectivity index (χ3v) is 7.85. The molecule has 39 heavy (non-hydrogen) atoms. The van der Waals surface area contributed by atoms with E-state index < -0.39 is 18.2 Å². The van der Waals surface area contributed by atoms with Crippen LogP contribution in [-0.2, 0) is 0 Å². The van der Waals surface area contributed by atoms with Gasteiger partial charge in [-0.2, -0.15) is 8.78 Å². The van der Waals surface area contributed by atoms with Gasteiger partial charge in [0, 0.05) is 48.1 Å². The number of allylic oxidation sites excluding steroid dienone is 1. The van der Waals surface area contributed by atoms with Crippen molar-refractivity contribution in [2.45, 2.75) is 36.9 Å². The summed E-state index contributed by atoms with van der Waals surface area (Å²) in [6, 6.07) is 12.8. The number of fused-ring (bicyclic) bond motifs is 1. The molecule has 0 spiro atoms. The molecule has 0 bridgehead atoms. The molecule has 10 heteroatoms. The number of likely N-dealkylation sites (tertiary alicyclic amines) is 1. The average molecular weight is 561 g/mol. The molecule has 1 aromatic heterocycles. The van der Waals surface area contributed by atoms with E-state index in [0.29, 0.717) is 36.6 Å². The highest BCUT2D eigenvalue weighted by Crippen LogP contribution is 2.44. The third kappa shape index (κ3) is 6.50. The van der Waals surface area contributed by atoms with Crippen molar-refractivity contribution in [3.63, 3.8) is 0 Å². The summed E-state index contributed by atoms with van der Waals surface area (Å²) in [5.74, 6) is -0.0974. The number of pyridine rings is 1. The van der Waals surface area contributed by atoms with Crippen LogP contribution in [0.5, 0.6) is 17.4 Å². The molecular weight excluding hydrogens is 532 g/mol. The number of aromatic hydroxyl groups is 1. The van der Waals surface area contributed by atoms with E-state index in [1.165, 1.54) is 12.1 Å². The monoisotopic (exact) mass is 560 g/mol. The highest BCUT2D eigenvalue weighted by molar-refractivity contribution is 7.99. The first-order chi connectivity index (χ1) is 18.9. The summed E-state index contributed by atoms with van der Waals surface area (Å²) in [4.78, 5) is 7.61. The third-order valence-electron chi connectivity index (χ3n) is 6.79. The van der Waals surface area contributed by atoms with E-state index >= 15 is 0 Å². The van der Waals surface area contributed by atoms with Crippen LogP contribution >= 0.6 is 11.8 Å². The molecule has 5 rings (SSSR count). The number of aromatic nitrogens is 1. The standard InChI is InChI=1S/C29H28F4N2O3S/c30-10-1-11-35-12-8-21(17-35)37-27-7-3-19(16-34-27)28-22(9-13-39-26-15-20(36)4-5-23(26)28)18-2-6-25(24(31)14-18)38-29(32)33/h2-7,14-16,21,29,36H,1,8-13,17H2/t21-/m0/s1. The van der Waals surface area contributed by atoms with Crippen LogP contribution in [0, 0.1) is 5.82 Å². The van der Waals surface area contributed by atoms with Gasteiger partial charge in [-0.1, -0.05) is 6.07 Å². The predicted molar refractivity (Wildman–Crippen MR) is 143 cm³/mol. The van der Waals surface area contributed by atoms with Gasteiger partial charge in [0.05, 0.1) is 6.67 Å². The van der Waals surface area contributed by atoms with Crippen LogP contribution in [0.1, 0.15) is 36.0 Å². The number of hydrogen-bond acceptors (Lipinski definition) is 6. The first-order valence-electron chi connectivity index (χ1n) is 12.8. The van der Waals surface area contributed by atoms with E-state index in [1.807, 2.05) is 12.1 Å². The molecule has 3 heterocycles. The van der Waals surface area contributed by atoms with Crippen LogP contribution in [0.15, 0.2) is 59.6 Å². The molecular formula is C29H28F4N2O3S. The Morgan fingerprint density at radius 2 is 1.95 bits per heavy atom. The number of nitrogens with zero attached hydrogens (tertiary/aromatic N) is 2. The summed E-state index contributed by atoms with van der Waals surface area (Å²) >= 11 is 1.57. The Balaban J connectivity index is 1.48. The fourth-order valence-electron chi connectivity index (χ4n) is 5.03. The van der Waals surface area contributed by atoms with E-state index in [4.69, 9.17) is 4.74 Å². The number of rotatable bonds is 9. The quantitative estimate of drug-likeness (QED) is 0.291. The minimum absolute atomic E-state index is 0.0207. The van der Waals surface area contributed by atoms with Gasteiger partial charge in [0.1, 0.15) is 11.9 Å². The highest BCUT2D eigenvalue weighted by atomic mass is 32.2. The summed E-state index contributed by atoms with van der Waals surface area (Å²) in [5.41, 5.74) is 3.81. The van der Waals surface area contributed by atoms with Gasteiger partial charge < -0.3 is 14.6 Å². The number of benzene rings is 2. The van der Waals surface area contributed by atoms with E-state index in [0.717, 1.165) is 46.7 Å². The number of phenols is 1. The number of thioether (sulfide) groups is 1. The molecule has 0 radical (unpaired) electrons. The molecule has 2 aromatic carbocycles. The Bertz CT molecular complexity index is 1340. The largest absolute Gasteiger partial charge is 0.508 e. The number of ether oxygens (including phenoxy) is 2. The summed E-state index contributed by atoms with van der Waals surface area (Å²) in [6.45, 7) is -1.16. The van der Waals surface area contributed by atoms with Crippen molar-refractivity contribution in [3.8, 4) is 17.4 Å². The van der Waals surface area contributed by atoms with Crippen LogP contribution in [0.25, 0.3) is 11.1 Å². The van der Waals surface area contributed by atoms with E-state index in [2.05, 4.69) is 14.6 Å². The fraction of sp³-hybridized carbons (Fsp3) is 0.345. The van der Waals surface area contributed by atoms with Crippen LogP contribution < -0.4 is 9.47 Å². The molecule has 2 aliphatic rings. The average Bonchev–Trinajstić information content (AvgIpc) is 3.27. The normalized spacial score (nSPS) is 17.8. The molecule has 0 saturated carbocycles. The van der Waals surface area contributed by atoms with Crippen LogP contribution in [0.3, 0.4) is 0 Å². The topological polar surface area (TPSA) is 54.8 Å². The van der Waals surface area contributed by atoms with Gasteiger partial charge in [0.15, 0.2) is 11.6 Å². The molecule has 5 nitrogen and oxygen atoms in total. The summed E-state index contributed by atoms with van der Waals surface area (Å²) in [7, 11) is 0. The molecule has 1 N–H and O–H groups in total. The fourth-order valence-corrected chi connectivity index (χ4v) is 6.09. The molecule has 1 atom stereocenters. The number of hydrogen-bond donors (Lipinski definition) is 1. The Hall–Kier alpha value is -3.24. The molecule has 0 amide bonds. The van der Waals surface area contributed by atoms with Crippen LogP contribution in [-0.4, -0.2) is 59.8 Å². The van der Waals surface area contributed by atoms with Gasteiger partial charge in [-0.25, -0.2) is 9.37 Å². The maximum absolute atomic E-state index is 14.7. The minimum atomic E-state index is -3.12. The molecule has 2 aliphatic heterocycles. The zero-order chi connectivity index (χ0) is 27.4. The zero-order valence-electron chi connectivity index (χ0n) is 21.1. The molecule has 0 aliphatic carbocycles.